The van der Waals surface area contributed by atoms with E-state index in [0.717, 1.165) is 49.1 Å². The fourth-order valence-corrected chi connectivity index (χ4v) is 3.79. The van der Waals surface area contributed by atoms with Crippen LogP contribution in [-0.2, 0) is 7.05 Å². The summed E-state index contributed by atoms with van der Waals surface area (Å²) < 4.78 is 3.17. The SMILES string of the molecule is Cn1c2ccccc2c2nc(-c3ccc(Br)cc3)c(-c3ccccc3)nc21. The minimum Gasteiger partial charge on any atom is -0.327 e. The van der Waals surface area contributed by atoms with Gasteiger partial charge in [-0.1, -0.05) is 76.6 Å². The standard InChI is InChI=1S/C23H16BrN3/c1-27-19-10-6-5-9-18(19)22-23(27)26-21(15-7-3-2-4-8-15)20(25-22)16-11-13-17(24)14-12-16/h2-14H,1H3. The second-order valence-electron chi connectivity index (χ2n) is 6.54. The Morgan fingerprint density at radius 1 is 0.704 bits per heavy atom. The third kappa shape index (κ3) is 2.64. The van der Waals surface area contributed by atoms with Crippen LogP contribution in [0.2, 0.25) is 0 Å². The topological polar surface area (TPSA) is 30.7 Å². The summed E-state index contributed by atoms with van der Waals surface area (Å²) in [7, 11) is 2.05. The van der Waals surface area contributed by atoms with Crippen LogP contribution in [0.15, 0.2) is 83.3 Å². The average molecular weight is 414 g/mol. The number of fused-ring (bicyclic) bond motifs is 3. The van der Waals surface area contributed by atoms with Crippen LogP contribution >= 0.6 is 15.9 Å². The van der Waals surface area contributed by atoms with E-state index in [1.54, 1.807) is 0 Å². The van der Waals surface area contributed by atoms with Crippen LogP contribution in [0, 0.1) is 0 Å². The Kier molecular flexibility index (Phi) is 3.80. The van der Waals surface area contributed by atoms with E-state index in [4.69, 9.17) is 9.97 Å². The predicted octanol–water partition coefficient (Wildman–Crippen LogP) is 6.22. The molecule has 0 aliphatic heterocycles. The number of para-hydroxylation sites is 1. The largest absolute Gasteiger partial charge is 0.327 e. The lowest BCUT2D eigenvalue weighted by molar-refractivity contribution is 0.987. The molecule has 0 amide bonds. The Labute approximate surface area is 165 Å². The van der Waals surface area contributed by atoms with Gasteiger partial charge >= 0.3 is 0 Å². The summed E-state index contributed by atoms with van der Waals surface area (Å²) in [4.78, 5) is 10.2. The van der Waals surface area contributed by atoms with Gasteiger partial charge in [-0.3, -0.25) is 0 Å². The molecule has 5 aromatic rings. The molecule has 4 heteroatoms. The number of aromatic nitrogens is 3. The Morgan fingerprint density at radius 2 is 1.33 bits per heavy atom. The quantitative estimate of drug-likeness (QED) is 0.344. The smallest absolute Gasteiger partial charge is 0.160 e. The molecule has 2 heterocycles. The van der Waals surface area contributed by atoms with Crippen LogP contribution in [0.5, 0.6) is 0 Å². The van der Waals surface area contributed by atoms with Gasteiger partial charge in [-0.05, 0) is 18.2 Å². The molecule has 0 aliphatic rings. The van der Waals surface area contributed by atoms with Gasteiger partial charge in [0.05, 0.1) is 16.9 Å². The van der Waals surface area contributed by atoms with E-state index < -0.39 is 0 Å². The van der Waals surface area contributed by atoms with Crippen molar-refractivity contribution in [2.45, 2.75) is 0 Å². The molecule has 2 aromatic heterocycles. The van der Waals surface area contributed by atoms with Crippen molar-refractivity contribution in [1.82, 2.24) is 14.5 Å². The van der Waals surface area contributed by atoms with Gasteiger partial charge in [0.1, 0.15) is 5.52 Å². The van der Waals surface area contributed by atoms with Crippen LogP contribution in [0.25, 0.3) is 44.6 Å². The summed E-state index contributed by atoms with van der Waals surface area (Å²) in [6.45, 7) is 0. The van der Waals surface area contributed by atoms with E-state index in [1.807, 2.05) is 43.4 Å². The summed E-state index contributed by atoms with van der Waals surface area (Å²) in [6.07, 6.45) is 0. The minimum atomic E-state index is 0.899. The molecule has 0 N–H and O–H groups in total. The molecule has 3 aromatic carbocycles. The predicted molar refractivity (Wildman–Crippen MR) is 115 cm³/mol. The highest BCUT2D eigenvalue weighted by Crippen LogP contribution is 2.34. The number of aryl methyl sites for hydroxylation is 1. The first-order chi connectivity index (χ1) is 13.2. The molecule has 0 saturated heterocycles. The number of benzene rings is 3. The van der Waals surface area contributed by atoms with E-state index in [-0.39, 0.29) is 0 Å². The van der Waals surface area contributed by atoms with Crippen LogP contribution in [0.3, 0.4) is 0 Å². The number of nitrogens with zero attached hydrogens (tertiary/aromatic N) is 3. The second-order valence-corrected chi connectivity index (χ2v) is 7.46. The third-order valence-electron chi connectivity index (χ3n) is 4.88. The molecule has 0 radical (unpaired) electrons. The van der Waals surface area contributed by atoms with Crippen molar-refractivity contribution < 1.29 is 0 Å². The van der Waals surface area contributed by atoms with Crippen molar-refractivity contribution in [3.63, 3.8) is 0 Å². The molecule has 3 nitrogen and oxygen atoms in total. The van der Waals surface area contributed by atoms with Crippen molar-refractivity contribution in [3.05, 3.63) is 83.3 Å². The first-order valence-electron chi connectivity index (χ1n) is 8.79. The van der Waals surface area contributed by atoms with E-state index in [1.165, 1.54) is 0 Å². The van der Waals surface area contributed by atoms with Crippen molar-refractivity contribution in [1.29, 1.82) is 0 Å². The Bertz CT molecular complexity index is 1270. The molecule has 0 aliphatic carbocycles. The molecular formula is C23H16BrN3. The summed E-state index contributed by atoms with van der Waals surface area (Å²) in [5.41, 5.74) is 6.89. The maximum absolute atomic E-state index is 5.10. The zero-order chi connectivity index (χ0) is 18.4. The first kappa shape index (κ1) is 16.2. The summed E-state index contributed by atoms with van der Waals surface area (Å²) in [6, 6.07) is 26.8. The summed E-state index contributed by atoms with van der Waals surface area (Å²) in [5.74, 6) is 0. The Balaban J connectivity index is 1.90. The molecule has 0 atom stereocenters. The lowest BCUT2D eigenvalue weighted by atomic mass is 10.0. The highest BCUT2D eigenvalue weighted by Gasteiger charge is 2.17. The molecule has 27 heavy (non-hydrogen) atoms. The molecule has 0 unspecified atom stereocenters. The lowest BCUT2D eigenvalue weighted by Crippen LogP contribution is -1.97. The number of halogens is 1. The van der Waals surface area contributed by atoms with Gasteiger partial charge in [-0.2, -0.15) is 0 Å². The van der Waals surface area contributed by atoms with Crippen LogP contribution in [0.1, 0.15) is 0 Å². The zero-order valence-corrected chi connectivity index (χ0v) is 16.3. The van der Waals surface area contributed by atoms with E-state index in [2.05, 4.69) is 63.0 Å². The zero-order valence-electron chi connectivity index (χ0n) is 14.7. The van der Waals surface area contributed by atoms with Crippen molar-refractivity contribution >= 4 is 38.0 Å². The summed E-state index contributed by atoms with van der Waals surface area (Å²) in [5, 5.41) is 1.13. The number of hydrogen-bond acceptors (Lipinski definition) is 2. The van der Waals surface area contributed by atoms with Crippen molar-refractivity contribution in [2.75, 3.05) is 0 Å². The Morgan fingerprint density at radius 3 is 2.11 bits per heavy atom. The van der Waals surface area contributed by atoms with Gasteiger partial charge in [-0.25, -0.2) is 9.97 Å². The normalized spacial score (nSPS) is 11.3. The minimum absolute atomic E-state index is 0.899. The second kappa shape index (κ2) is 6.32. The van der Waals surface area contributed by atoms with Crippen molar-refractivity contribution in [3.8, 4) is 22.5 Å². The molecule has 130 valence electrons. The highest BCUT2D eigenvalue weighted by atomic mass is 79.9. The maximum atomic E-state index is 5.10. The van der Waals surface area contributed by atoms with Crippen LogP contribution in [-0.4, -0.2) is 14.5 Å². The fourth-order valence-electron chi connectivity index (χ4n) is 3.53. The third-order valence-corrected chi connectivity index (χ3v) is 5.41. The Hall–Kier alpha value is -2.98. The molecule has 5 rings (SSSR count). The fraction of sp³-hybridized carbons (Fsp3) is 0.0435. The molecular weight excluding hydrogens is 398 g/mol. The molecule has 0 bridgehead atoms. The van der Waals surface area contributed by atoms with Gasteiger partial charge in [0.15, 0.2) is 5.65 Å². The first-order valence-corrected chi connectivity index (χ1v) is 9.58. The van der Waals surface area contributed by atoms with Crippen LogP contribution in [0.4, 0.5) is 0 Å². The lowest BCUT2D eigenvalue weighted by Gasteiger charge is -2.10. The number of hydrogen-bond donors (Lipinski definition) is 0. The van der Waals surface area contributed by atoms with Gasteiger partial charge in [0, 0.05) is 28.0 Å². The van der Waals surface area contributed by atoms with E-state index in [9.17, 15) is 0 Å². The maximum Gasteiger partial charge on any atom is 0.160 e. The molecule has 0 fully saturated rings. The van der Waals surface area contributed by atoms with Gasteiger partial charge < -0.3 is 4.57 Å². The van der Waals surface area contributed by atoms with Gasteiger partial charge in [0.25, 0.3) is 0 Å². The molecule has 0 spiro atoms. The van der Waals surface area contributed by atoms with Crippen molar-refractivity contribution in [2.24, 2.45) is 7.05 Å². The van der Waals surface area contributed by atoms with Gasteiger partial charge in [-0.15, -0.1) is 0 Å². The monoisotopic (exact) mass is 413 g/mol. The van der Waals surface area contributed by atoms with Gasteiger partial charge in [0.2, 0.25) is 0 Å². The van der Waals surface area contributed by atoms with E-state index >= 15 is 0 Å². The van der Waals surface area contributed by atoms with Crippen LogP contribution < -0.4 is 0 Å². The highest BCUT2D eigenvalue weighted by molar-refractivity contribution is 9.10. The summed E-state index contributed by atoms with van der Waals surface area (Å²) >= 11 is 3.52. The number of rotatable bonds is 2. The average Bonchev–Trinajstić information content (AvgIpc) is 3.00. The molecule has 0 saturated carbocycles. The van der Waals surface area contributed by atoms with E-state index in [0.29, 0.717) is 0 Å².